The Morgan fingerprint density at radius 3 is 2.46 bits per heavy atom. The normalized spacial score (nSPS) is 15.9. The van der Waals surface area contributed by atoms with Crippen molar-refractivity contribution in [1.82, 2.24) is 19.8 Å². The van der Waals surface area contributed by atoms with Crippen LogP contribution in [0, 0.1) is 0 Å². The fourth-order valence-electron chi connectivity index (χ4n) is 5.68. The van der Waals surface area contributed by atoms with E-state index in [4.69, 9.17) is 9.72 Å². The van der Waals surface area contributed by atoms with Crippen LogP contribution in [0.15, 0.2) is 30.3 Å². The maximum atomic E-state index is 6.33. The number of hydrogen-bond acceptors (Lipinski definition) is 6. The maximum Gasteiger partial charge on any atom is 0.136 e. The lowest BCUT2D eigenvalue weighted by molar-refractivity contribution is 0.134. The number of H-pyrrole nitrogens is 1. The number of rotatable bonds is 11. The standard InChI is InChI=1S/C30H44N6O.C2H6/c1-4-12-36(13-5-2)30-22-24(37-19-18-35-16-14-34(3)15-17-35)21-29(33-30)31-23-10-11-28-26(20-23)25-8-6-7-9-27(25)32-28;1-2/h10-11,20-22,32H,4-9,12-19H2,1-3H3,(H,31,33);1-2H3. The highest BCUT2D eigenvalue weighted by Gasteiger charge is 2.17. The Balaban J connectivity index is 0.00000172. The fraction of sp³-hybridized carbons (Fsp3) is 0.594. The number of nitrogens with zero attached hydrogens (tertiary/aromatic N) is 4. The molecule has 0 atom stereocenters. The summed E-state index contributed by atoms with van der Waals surface area (Å²) >= 11 is 0. The van der Waals surface area contributed by atoms with Gasteiger partial charge in [0, 0.05) is 80.2 Å². The van der Waals surface area contributed by atoms with Gasteiger partial charge in [-0.1, -0.05) is 27.7 Å². The van der Waals surface area contributed by atoms with Gasteiger partial charge in [-0.25, -0.2) is 4.98 Å². The number of ether oxygens (including phenoxy) is 1. The van der Waals surface area contributed by atoms with Crippen molar-refractivity contribution in [2.24, 2.45) is 0 Å². The van der Waals surface area contributed by atoms with Crippen LogP contribution in [-0.2, 0) is 12.8 Å². The predicted molar refractivity (Wildman–Crippen MR) is 166 cm³/mol. The van der Waals surface area contributed by atoms with Gasteiger partial charge in [-0.05, 0) is 69.3 Å². The lowest BCUT2D eigenvalue weighted by Gasteiger charge is -2.32. The fourth-order valence-corrected chi connectivity index (χ4v) is 5.68. The summed E-state index contributed by atoms with van der Waals surface area (Å²) in [7, 11) is 2.20. The molecule has 1 aliphatic heterocycles. The number of hydrogen-bond donors (Lipinski definition) is 2. The molecule has 1 aromatic carbocycles. The Morgan fingerprint density at radius 2 is 1.72 bits per heavy atom. The molecule has 2 aliphatic rings. The van der Waals surface area contributed by atoms with Crippen molar-refractivity contribution in [2.45, 2.75) is 66.2 Å². The van der Waals surface area contributed by atoms with Crippen LogP contribution < -0.4 is 15.0 Å². The summed E-state index contributed by atoms with van der Waals surface area (Å²) in [6.07, 6.45) is 7.07. The largest absolute Gasteiger partial charge is 0.492 e. The van der Waals surface area contributed by atoms with Crippen molar-refractivity contribution in [3.8, 4) is 5.75 Å². The zero-order valence-corrected chi connectivity index (χ0v) is 25.0. The third kappa shape index (κ3) is 7.67. The van der Waals surface area contributed by atoms with E-state index in [-0.39, 0.29) is 0 Å². The summed E-state index contributed by atoms with van der Waals surface area (Å²) < 4.78 is 6.33. The van der Waals surface area contributed by atoms with E-state index < -0.39 is 0 Å². The van der Waals surface area contributed by atoms with Crippen LogP contribution in [0.2, 0.25) is 0 Å². The highest BCUT2D eigenvalue weighted by molar-refractivity contribution is 5.88. The summed E-state index contributed by atoms with van der Waals surface area (Å²) in [6, 6.07) is 10.8. The van der Waals surface area contributed by atoms with E-state index in [1.165, 1.54) is 41.4 Å². The molecule has 7 nitrogen and oxygen atoms in total. The van der Waals surface area contributed by atoms with Crippen molar-refractivity contribution in [1.29, 1.82) is 0 Å². The maximum absolute atomic E-state index is 6.33. The van der Waals surface area contributed by atoms with Gasteiger partial charge in [0.15, 0.2) is 0 Å². The van der Waals surface area contributed by atoms with Crippen molar-refractivity contribution < 1.29 is 4.74 Å². The molecule has 0 amide bonds. The number of nitrogens with one attached hydrogen (secondary N) is 2. The first kappa shape index (κ1) is 29.2. The molecule has 0 radical (unpaired) electrons. The van der Waals surface area contributed by atoms with Crippen LogP contribution in [0.4, 0.5) is 17.3 Å². The molecule has 2 aromatic heterocycles. The van der Waals surface area contributed by atoms with Gasteiger partial charge < -0.3 is 24.8 Å². The third-order valence-electron chi connectivity index (χ3n) is 7.74. The molecule has 2 N–H and O–H groups in total. The van der Waals surface area contributed by atoms with Crippen molar-refractivity contribution in [2.75, 3.05) is 69.7 Å². The summed E-state index contributed by atoms with van der Waals surface area (Å²) in [6.45, 7) is 16.6. The van der Waals surface area contributed by atoms with E-state index in [0.29, 0.717) is 6.61 Å². The van der Waals surface area contributed by atoms with Crippen LogP contribution in [-0.4, -0.2) is 79.2 Å². The predicted octanol–water partition coefficient (Wildman–Crippen LogP) is 6.46. The molecule has 0 bridgehead atoms. The first-order valence-corrected chi connectivity index (χ1v) is 15.3. The van der Waals surface area contributed by atoms with Gasteiger partial charge in [0.25, 0.3) is 0 Å². The van der Waals surface area contributed by atoms with Gasteiger partial charge in [0.1, 0.15) is 24.0 Å². The summed E-state index contributed by atoms with van der Waals surface area (Å²) in [4.78, 5) is 15.9. The second-order valence-electron chi connectivity index (χ2n) is 10.7. The van der Waals surface area contributed by atoms with E-state index in [2.05, 4.69) is 76.2 Å². The van der Waals surface area contributed by atoms with Gasteiger partial charge in [-0.3, -0.25) is 4.90 Å². The number of benzene rings is 1. The summed E-state index contributed by atoms with van der Waals surface area (Å²) in [5.41, 5.74) is 5.23. The topological polar surface area (TPSA) is 59.7 Å². The van der Waals surface area contributed by atoms with Crippen molar-refractivity contribution in [3.05, 3.63) is 41.6 Å². The van der Waals surface area contributed by atoms with Gasteiger partial charge >= 0.3 is 0 Å². The Labute approximate surface area is 235 Å². The number of aryl methyl sites for hydroxylation is 2. The quantitative estimate of drug-likeness (QED) is 0.294. The Bertz CT molecular complexity index is 1160. The number of likely N-dealkylation sites (N-methyl/N-ethyl adjacent to an activating group) is 1. The van der Waals surface area contributed by atoms with Crippen LogP contribution in [0.5, 0.6) is 5.75 Å². The van der Waals surface area contributed by atoms with Gasteiger partial charge in [-0.2, -0.15) is 0 Å². The van der Waals surface area contributed by atoms with Crippen LogP contribution in [0.25, 0.3) is 10.9 Å². The number of aromatic amines is 1. The molecule has 1 fully saturated rings. The molecule has 214 valence electrons. The number of pyridine rings is 1. The van der Waals surface area contributed by atoms with Gasteiger partial charge in [0.05, 0.1) is 0 Å². The average molecular weight is 535 g/mol. The molecule has 0 spiro atoms. The zero-order chi connectivity index (χ0) is 27.6. The van der Waals surface area contributed by atoms with Crippen LogP contribution >= 0.6 is 0 Å². The van der Waals surface area contributed by atoms with E-state index in [0.717, 1.165) is 88.1 Å². The number of piperazine rings is 1. The Morgan fingerprint density at radius 1 is 0.974 bits per heavy atom. The first-order valence-electron chi connectivity index (χ1n) is 15.3. The van der Waals surface area contributed by atoms with Gasteiger partial charge in [0.2, 0.25) is 0 Å². The average Bonchev–Trinajstić information content (AvgIpc) is 3.33. The molecule has 1 aliphatic carbocycles. The molecule has 0 saturated carbocycles. The van der Waals surface area contributed by atoms with E-state index in [1.807, 2.05) is 13.8 Å². The zero-order valence-electron chi connectivity index (χ0n) is 25.0. The number of anilines is 3. The van der Waals surface area contributed by atoms with Crippen molar-refractivity contribution in [3.63, 3.8) is 0 Å². The lowest BCUT2D eigenvalue weighted by Crippen LogP contribution is -2.45. The lowest BCUT2D eigenvalue weighted by atomic mass is 9.95. The summed E-state index contributed by atoms with van der Waals surface area (Å²) in [5.74, 6) is 2.72. The van der Waals surface area contributed by atoms with Crippen molar-refractivity contribution >= 4 is 28.2 Å². The first-order chi connectivity index (χ1) is 19.1. The molecule has 3 aromatic rings. The second-order valence-corrected chi connectivity index (χ2v) is 10.7. The van der Waals surface area contributed by atoms with E-state index in [1.54, 1.807) is 0 Å². The highest BCUT2D eigenvalue weighted by Crippen LogP contribution is 2.32. The molecule has 39 heavy (non-hydrogen) atoms. The van der Waals surface area contributed by atoms with E-state index >= 15 is 0 Å². The van der Waals surface area contributed by atoms with Crippen LogP contribution in [0.1, 0.15) is 64.6 Å². The molecular weight excluding hydrogens is 484 g/mol. The molecular formula is C32H50N6O. The molecule has 3 heterocycles. The minimum Gasteiger partial charge on any atom is -0.492 e. The van der Waals surface area contributed by atoms with E-state index in [9.17, 15) is 0 Å². The molecule has 7 heteroatoms. The molecule has 5 rings (SSSR count). The second kappa shape index (κ2) is 14.6. The number of fused-ring (bicyclic) bond motifs is 3. The third-order valence-corrected chi connectivity index (χ3v) is 7.74. The summed E-state index contributed by atoms with van der Waals surface area (Å²) in [5, 5.41) is 4.96. The molecule has 0 unspecified atom stereocenters. The van der Waals surface area contributed by atoms with Crippen LogP contribution in [0.3, 0.4) is 0 Å². The Hall–Kier alpha value is -2.77. The van der Waals surface area contributed by atoms with Gasteiger partial charge in [-0.15, -0.1) is 0 Å². The minimum atomic E-state index is 0.690. The smallest absolute Gasteiger partial charge is 0.136 e. The monoisotopic (exact) mass is 534 g/mol. The number of aromatic nitrogens is 2. The highest BCUT2D eigenvalue weighted by atomic mass is 16.5. The SMILES string of the molecule is CC.CCCN(CCC)c1cc(OCCN2CCN(C)CC2)cc(Nc2ccc3[nH]c4c(c3c2)CCCC4)n1. The minimum absolute atomic E-state index is 0.690. The Kier molecular flexibility index (Phi) is 10.9. The molecule has 1 saturated heterocycles.